The number of nitrogens with one attached hydrogen (secondary N) is 1. The third kappa shape index (κ3) is 3.65. The van der Waals surface area contributed by atoms with Crippen molar-refractivity contribution in [3.8, 4) is 0 Å². The van der Waals surface area contributed by atoms with Gasteiger partial charge in [0, 0.05) is 22.8 Å². The van der Waals surface area contributed by atoms with Gasteiger partial charge in [-0.05, 0) is 28.1 Å². The smallest absolute Gasteiger partial charge is 0.234 e. The van der Waals surface area contributed by atoms with Crippen LogP contribution in [0.4, 0.5) is 0 Å². The number of nitrogens with zero attached hydrogens (tertiary/aromatic N) is 1. The molecule has 4 nitrogen and oxygen atoms in total. The molecule has 0 saturated carbocycles. The lowest BCUT2D eigenvalue weighted by Crippen LogP contribution is -2.30. The van der Waals surface area contributed by atoms with Crippen LogP contribution in [0.3, 0.4) is 0 Å². The number of pyridine rings is 1. The molecule has 0 fully saturated rings. The van der Waals surface area contributed by atoms with Crippen LogP contribution in [-0.2, 0) is 4.79 Å². The number of aromatic nitrogens is 1. The molecule has 76 valence electrons. The number of halogens is 1. The van der Waals surface area contributed by atoms with Crippen LogP contribution in [0.1, 0.15) is 6.42 Å². The van der Waals surface area contributed by atoms with Gasteiger partial charge in [0.25, 0.3) is 0 Å². The number of hydrogen-bond acceptors (Lipinski definition) is 4. The number of carbonyl (C=O) groups is 1. The number of nitrogens with two attached hydrogens (primary N) is 1. The van der Waals surface area contributed by atoms with Gasteiger partial charge in [-0.3, -0.25) is 10.2 Å². The van der Waals surface area contributed by atoms with E-state index in [4.69, 9.17) is 5.84 Å². The van der Waals surface area contributed by atoms with Gasteiger partial charge in [0.15, 0.2) is 0 Å². The van der Waals surface area contributed by atoms with E-state index in [1.807, 2.05) is 12.1 Å². The first-order valence-corrected chi connectivity index (χ1v) is 5.74. The molecule has 0 radical (unpaired) electrons. The summed E-state index contributed by atoms with van der Waals surface area (Å²) >= 11 is 4.89. The van der Waals surface area contributed by atoms with Crippen LogP contribution in [0, 0.1) is 0 Å². The van der Waals surface area contributed by atoms with E-state index in [0.717, 1.165) is 9.50 Å². The van der Waals surface area contributed by atoms with Crippen molar-refractivity contribution in [2.24, 2.45) is 5.84 Å². The third-order valence-electron chi connectivity index (χ3n) is 1.45. The first-order valence-electron chi connectivity index (χ1n) is 3.97. The molecule has 0 unspecified atom stereocenters. The quantitative estimate of drug-likeness (QED) is 0.376. The molecular formula is C8H10BrN3OS. The fraction of sp³-hybridized carbons (Fsp3) is 0.250. The number of hydrogen-bond donors (Lipinski definition) is 2. The van der Waals surface area contributed by atoms with Gasteiger partial charge in [-0.25, -0.2) is 10.8 Å². The van der Waals surface area contributed by atoms with Crippen molar-refractivity contribution in [3.05, 3.63) is 22.8 Å². The molecule has 14 heavy (non-hydrogen) atoms. The van der Waals surface area contributed by atoms with Gasteiger partial charge >= 0.3 is 0 Å². The summed E-state index contributed by atoms with van der Waals surface area (Å²) in [5.41, 5.74) is 2.08. The Balaban J connectivity index is 2.39. The average molecular weight is 276 g/mol. The normalized spacial score (nSPS) is 9.86. The van der Waals surface area contributed by atoms with Gasteiger partial charge in [-0.1, -0.05) is 0 Å². The van der Waals surface area contributed by atoms with Gasteiger partial charge in [0.2, 0.25) is 5.91 Å². The van der Waals surface area contributed by atoms with Crippen LogP contribution in [0.5, 0.6) is 0 Å². The summed E-state index contributed by atoms with van der Waals surface area (Å²) in [6.45, 7) is 0. The second-order valence-electron chi connectivity index (χ2n) is 2.46. The van der Waals surface area contributed by atoms with Gasteiger partial charge in [0.05, 0.1) is 0 Å². The Bertz CT molecular complexity index is 321. The van der Waals surface area contributed by atoms with E-state index < -0.39 is 0 Å². The van der Waals surface area contributed by atoms with E-state index in [1.165, 1.54) is 11.8 Å². The monoisotopic (exact) mass is 275 g/mol. The molecule has 0 aliphatic rings. The van der Waals surface area contributed by atoms with Crippen molar-refractivity contribution in [1.29, 1.82) is 0 Å². The van der Waals surface area contributed by atoms with Crippen LogP contribution in [0.15, 0.2) is 27.8 Å². The Kier molecular flexibility index (Phi) is 4.92. The maximum Gasteiger partial charge on any atom is 0.234 e. The minimum Gasteiger partial charge on any atom is -0.294 e. The van der Waals surface area contributed by atoms with Crippen molar-refractivity contribution >= 4 is 33.6 Å². The molecule has 0 atom stereocenters. The fourth-order valence-electron chi connectivity index (χ4n) is 0.790. The molecule has 0 spiro atoms. The van der Waals surface area contributed by atoms with E-state index in [-0.39, 0.29) is 5.91 Å². The number of rotatable bonds is 4. The zero-order valence-corrected chi connectivity index (χ0v) is 9.77. The maximum atomic E-state index is 10.8. The second kappa shape index (κ2) is 6.00. The largest absolute Gasteiger partial charge is 0.294 e. The van der Waals surface area contributed by atoms with E-state index in [1.54, 1.807) is 6.20 Å². The first kappa shape index (κ1) is 11.5. The van der Waals surface area contributed by atoms with Gasteiger partial charge in [-0.2, -0.15) is 0 Å². The lowest BCUT2D eigenvalue weighted by Gasteiger charge is -2.01. The van der Waals surface area contributed by atoms with Gasteiger partial charge in [-0.15, -0.1) is 11.8 Å². The van der Waals surface area contributed by atoms with Crippen molar-refractivity contribution < 1.29 is 4.79 Å². The lowest BCUT2D eigenvalue weighted by molar-refractivity contribution is -0.120. The Morgan fingerprint density at radius 1 is 1.71 bits per heavy atom. The van der Waals surface area contributed by atoms with Crippen LogP contribution in [-0.4, -0.2) is 16.6 Å². The zero-order chi connectivity index (χ0) is 10.4. The predicted octanol–water partition coefficient (Wildman–Crippen LogP) is 1.32. The molecule has 0 bridgehead atoms. The van der Waals surface area contributed by atoms with Crippen LogP contribution in [0.25, 0.3) is 0 Å². The topological polar surface area (TPSA) is 68.0 Å². The molecule has 0 saturated heterocycles. The number of carbonyl (C=O) groups excluding carboxylic acids is 1. The van der Waals surface area contributed by atoms with E-state index >= 15 is 0 Å². The Labute approximate surface area is 94.8 Å². The maximum absolute atomic E-state index is 10.8. The Hall–Kier alpha value is -0.590. The number of thioether (sulfide) groups is 1. The van der Waals surface area contributed by atoms with E-state index in [2.05, 4.69) is 26.3 Å². The summed E-state index contributed by atoms with van der Waals surface area (Å²) in [6, 6.07) is 3.76. The van der Waals surface area contributed by atoms with Crippen LogP contribution >= 0.6 is 27.7 Å². The molecule has 1 rings (SSSR count). The van der Waals surface area contributed by atoms with Crippen LogP contribution in [0.2, 0.25) is 0 Å². The SMILES string of the molecule is NNC(=O)CCSc1ncccc1Br. The van der Waals surface area contributed by atoms with Crippen molar-refractivity contribution in [2.75, 3.05) is 5.75 Å². The van der Waals surface area contributed by atoms with Crippen molar-refractivity contribution in [2.45, 2.75) is 11.4 Å². The van der Waals surface area contributed by atoms with E-state index in [9.17, 15) is 4.79 Å². The summed E-state index contributed by atoms with van der Waals surface area (Å²) in [5.74, 6) is 5.45. The number of amides is 1. The molecule has 0 aliphatic heterocycles. The highest BCUT2D eigenvalue weighted by Gasteiger charge is 2.03. The summed E-state index contributed by atoms with van der Waals surface area (Å²) in [4.78, 5) is 15.0. The molecule has 0 aliphatic carbocycles. The molecule has 3 N–H and O–H groups in total. The molecule has 1 amide bonds. The summed E-state index contributed by atoms with van der Waals surface area (Å²) in [5, 5.41) is 0.886. The molecular weight excluding hydrogens is 266 g/mol. The lowest BCUT2D eigenvalue weighted by atomic mass is 10.5. The summed E-state index contributed by atoms with van der Waals surface area (Å²) < 4.78 is 0.943. The average Bonchev–Trinajstić information content (AvgIpc) is 2.20. The summed E-state index contributed by atoms with van der Waals surface area (Å²) in [7, 11) is 0. The summed E-state index contributed by atoms with van der Waals surface area (Å²) in [6.07, 6.45) is 2.11. The van der Waals surface area contributed by atoms with Crippen molar-refractivity contribution in [1.82, 2.24) is 10.4 Å². The Morgan fingerprint density at radius 3 is 3.14 bits per heavy atom. The molecule has 0 aromatic carbocycles. The highest BCUT2D eigenvalue weighted by atomic mass is 79.9. The minimum atomic E-state index is -0.162. The highest BCUT2D eigenvalue weighted by Crippen LogP contribution is 2.24. The standard InChI is InChI=1S/C8H10BrN3OS/c9-6-2-1-4-11-8(6)14-5-3-7(13)12-10/h1-2,4H,3,5,10H2,(H,12,13). The molecule has 6 heteroatoms. The van der Waals surface area contributed by atoms with E-state index in [0.29, 0.717) is 12.2 Å². The fourth-order valence-corrected chi connectivity index (χ4v) is 2.21. The molecule has 1 aromatic rings. The Morgan fingerprint density at radius 2 is 2.50 bits per heavy atom. The minimum absolute atomic E-state index is 0.162. The second-order valence-corrected chi connectivity index (χ2v) is 4.39. The number of hydrazine groups is 1. The highest BCUT2D eigenvalue weighted by molar-refractivity contribution is 9.10. The van der Waals surface area contributed by atoms with Crippen LogP contribution < -0.4 is 11.3 Å². The van der Waals surface area contributed by atoms with Gasteiger partial charge in [0.1, 0.15) is 5.03 Å². The van der Waals surface area contributed by atoms with Gasteiger partial charge < -0.3 is 0 Å². The third-order valence-corrected chi connectivity index (χ3v) is 3.36. The zero-order valence-electron chi connectivity index (χ0n) is 7.37. The molecule has 1 aromatic heterocycles. The van der Waals surface area contributed by atoms with Crippen molar-refractivity contribution in [3.63, 3.8) is 0 Å². The first-order chi connectivity index (χ1) is 6.74. The predicted molar refractivity (Wildman–Crippen MR) is 59.6 cm³/mol. The molecule has 1 heterocycles.